The van der Waals surface area contributed by atoms with Crippen LogP contribution in [0, 0.1) is 0 Å². The van der Waals surface area contributed by atoms with Crippen LogP contribution >= 0.6 is 0 Å². The van der Waals surface area contributed by atoms with Crippen molar-refractivity contribution in [3.63, 3.8) is 0 Å². The maximum atomic E-state index is 12.2. The highest BCUT2D eigenvalue weighted by atomic mass is 16.5. The van der Waals surface area contributed by atoms with E-state index in [0.717, 1.165) is 5.56 Å². The summed E-state index contributed by atoms with van der Waals surface area (Å²) in [5, 5.41) is 0. The van der Waals surface area contributed by atoms with Gasteiger partial charge in [0.1, 0.15) is 0 Å². The van der Waals surface area contributed by atoms with Crippen molar-refractivity contribution in [1.29, 1.82) is 0 Å². The molecule has 5 nitrogen and oxygen atoms in total. The summed E-state index contributed by atoms with van der Waals surface area (Å²) in [5.74, 6) is -0.372. The summed E-state index contributed by atoms with van der Waals surface area (Å²) in [6, 6.07) is 3.85. The van der Waals surface area contributed by atoms with E-state index in [9.17, 15) is 9.59 Å². The van der Waals surface area contributed by atoms with Crippen LogP contribution in [0.1, 0.15) is 39.2 Å². The van der Waals surface area contributed by atoms with Gasteiger partial charge in [0.2, 0.25) is 5.91 Å². The number of amides is 1. The Morgan fingerprint density at radius 1 is 1.35 bits per heavy atom. The highest BCUT2D eigenvalue weighted by Gasteiger charge is 2.18. The maximum absolute atomic E-state index is 12.2. The molecule has 0 bridgehead atoms. The lowest BCUT2D eigenvalue weighted by Crippen LogP contribution is -2.36. The van der Waals surface area contributed by atoms with Gasteiger partial charge in [-0.2, -0.15) is 0 Å². The molecule has 0 saturated heterocycles. The molecule has 1 rings (SSSR count). The van der Waals surface area contributed by atoms with E-state index in [1.54, 1.807) is 24.2 Å². The first-order valence-corrected chi connectivity index (χ1v) is 6.88. The van der Waals surface area contributed by atoms with Gasteiger partial charge in [-0.25, -0.2) is 0 Å². The van der Waals surface area contributed by atoms with Gasteiger partial charge in [-0.15, -0.1) is 0 Å². The second-order valence-corrected chi connectivity index (χ2v) is 4.78. The van der Waals surface area contributed by atoms with Gasteiger partial charge in [0.05, 0.1) is 13.0 Å². The Hall–Kier alpha value is -1.91. The number of hydrogen-bond acceptors (Lipinski definition) is 4. The van der Waals surface area contributed by atoms with Gasteiger partial charge in [0, 0.05) is 31.4 Å². The number of carbonyl (C=O) groups is 2. The molecule has 0 N–H and O–H groups in total. The molecular weight excluding hydrogens is 256 g/mol. The molecule has 0 saturated carbocycles. The van der Waals surface area contributed by atoms with E-state index in [0.29, 0.717) is 13.2 Å². The lowest BCUT2D eigenvalue weighted by molar-refractivity contribution is -0.146. The zero-order chi connectivity index (χ0) is 15.0. The van der Waals surface area contributed by atoms with E-state index in [1.165, 1.54) is 0 Å². The van der Waals surface area contributed by atoms with Crippen LogP contribution in [0.25, 0.3) is 0 Å². The zero-order valence-electron chi connectivity index (χ0n) is 12.3. The SMILES string of the molecule is CCOC(=O)CCC(=O)N(Cc1cccnc1)C(C)C. The monoisotopic (exact) mass is 278 g/mol. The Morgan fingerprint density at radius 2 is 2.10 bits per heavy atom. The van der Waals surface area contributed by atoms with Crippen LogP contribution in [-0.4, -0.2) is 34.4 Å². The van der Waals surface area contributed by atoms with Crippen molar-refractivity contribution in [1.82, 2.24) is 9.88 Å². The Labute approximate surface area is 119 Å². The molecule has 0 radical (unpaired) electrons. The lowest BCUT2D eigenvalue weighted by Gasteiger charge is -2.26. The van der Waals surface area contributed by atoms with Gasteiger partial charge >= 0.3 is 5.97 Å². The Balaban J connectivity index is 2.57. The summed E-state index contributed by atoms with van der Waals surface area (Å²) in [6.07, 6.45) is 3.75. The van der Waals surface area contributed by atoms with E-state index in [4.69, 9.17) is 4.74 Å². The van der Waals surface area contributed by atoms with Crippen molar-refractivity contribution in [3.05, 3.63) is 30.1 Å². The van der Waals surface area contributed by atoms with Gasteiger partial charge in [-0.1, -0.05) is 6.07 Å². The normalized spacial score (nSPS) is 10.4. The lowest BCUT2D eigenvalue weighted by atomic mass is 10.2. The molecule has 1 heterocycles. The molecule has 0 fully saturated rings. The summed E-state index contributed by atoms with van der Waals surface area (Å²) < 4.78 is 4.83. The number of pyridine rings is 1. The van der Waals surface area contributed by atoms with Crippen molar-refractivity contribution >= 4 is 11.9 Å². The molecule has 0 aromatic carbocycles. The third kappa shape index (κ3) is 5.38. The molecule has 5 heteroatoms. The van der Waals surface area contributed by atoms with E-state index < -0.39 is 0 Å². The van der Waals surface area contributed by atoms with Crippen LogP contribution < -0.4 is 0 Å². The van der Waals surface area contributed by atoms with E-state index in [2.05, 4.69) is 4.98 Å². The van der Waals surface area contributed by atoms with Crippen molar-refractivity contribution in [3.8, 4) is 0 Å². The van der Waals surface area contributed by atoms with Crippen molar-refractivity contribution in [2.45, 2.75) is 46.2 Å². The summed E-state index contributed by atoms with van der Waals surface area (Å²) in [4.78, 5) is 29.3. The topological polar surface area (TPSA) is 59.5 Å². The predicted molar refractivity (Wildman–Crippen MR) is 75.8 cm³/mol. The number of ether oxygens (including phenoxy) is 1. The first-order chi connectivity index (χ1) is 9.54. The first-order valence-electron chi connectivity index (χ1n) is 6.88. The quantitative estimate of drug-likeness (QED) is 0.717. The van der Waals surface area contributed by atoms with Crippen molar-refractivity contribution < 1.29 is 14.3 Å². The fraction of sp³-hybridized carbons (Fsp3) is 0.533. The number of hydrogen-bond donors (Lipinski definition) is 0. The number of esters is 1. The van der Waals surface area contributed by atoms with E-state index in [1.807, 2.05) is 26.0 Å². The van der Waals surface area contributed by atoms with Crippen molar-refractivity contribution in [2.75, 3.05) is 6.61 Å². The predicted octanol–water partition coefficient (Wildman–Crippen LogP) is 2.16. The molecule has 0 aliphatic carbocycles. The second-order valence-electron chi connectivity index (χ2n) is 4.78. The smallest absolute Gasteiger partial charge is 0.306 e. The summed E-state index contributed by atoms with van der Waals surface area (Å²) >= 11 is 0. The minimum Gasteiger partial charge on any atom is -0.466 e. The summed E-state index contributed by atoms with van der Waals surface area (Å²) in [6.45, 7) is 6.52. The van der Waals surface area contributed by atoms with Gasteiger partial charge in [0.25, 0.3) is 0 Å². The molecule has 0 unspecified atom stereocenters. The zero-order valence-corrected chi connectivity index (χ0v) is 12.3. The maximum Gasteiger partial charge on any atom is 0.306 e. The number of carbonyl (C=O) groups excluding carboxylic acids is 2. The highest BCUT2D eigenvalue weighted by Crippen LogP contribution is 2.10. The largest absolute Gasteiger partial charge is 0.466 e. The molecule has 20 heavy (non-hydrogen) atoms. The second kappa shape index (κ2) is 8.30. The van der Waals surface area contributed by atoms with Gasteiger partial charge in [-0.05, 0) is 32.4 Å². The number of aromatic nitrogens is 1. The van der Waals surface area contributed by atoms with Crippen LogP contribution in [0.2, 0.25) is 0 Å². The minimum absolute atomic E-state index is 0.0445. The molecule has 1 amide bonds. The fourth-order valence-corrected chi connectivity index (χ4v) is 1.83. The fourth-order valence-electron chi connectivity index (χ4n) is 1.83. The van der Waals surface area contributed by atoms with Crippen molar-refractivity contribution in [2.24, 2.45) is 0 Å². The first kappa shape index (κ1) is 16.1. The van der Waals surface area contributed by atoms with E-state index in [-0.39, 0.29) is 30.8 Å². The molecular formula is C15H22N2O3. The average molecular weight is 278 g/mol. The number of nitrogens with zero attached hydrogens (tertiary/aromatic N) is 2. The summed E-state index contributed by atoms with van der Waals surface area (Å²) in [5.41, 5.74) is 0.977. The van der Waals surface area contributed by atoms with Crippen LogP contribution in [0.5, 0.6) is 0 Å². The minimum atomic E-state index is -0.328. The molecule has 0 atom stereocenters. The van der Waals surface area contributed by atoms with Gasteiger partial charge in [-0.3, -0.25) is 14.6 Å². The van der Waals surface area contributed by atoms with Crippen LogP contribution in [-0.2, 0) is 20.9 Å². The molecule has 0 aliphatic rings. The molecule has 0 spiro atoms. The Bertz CT molecular complexity index is 432. The highest BCUT2D eigenvalue weighted by molar-refractivity contribution is 5.81. The third-order valence-electron chi connectivity index (χ3n) is 2.87. The molecule has 110 valence electrons. The Kier molecular flexibility index (Phi) is 6.70. The van der Waals surface area contributed by atoms with Gasteiger partial charge < -0.3 is 9.64 Å². The van der Waals surface area contributed by atoms with Crippen LogP contribution in [0.15, 0.2) is 24.5 Å². The average Bonchev–Trinajstić information content (AvgIpc) is 2.43. The molecule has 1 aromatic rings. The molecule has 1 aromatic heterocycles. The van der Waals surface area contributed by atoms with Crippen LogP contribution in [0.4, 0.5) is 0 Å². The standard InChI is InChI=1S/C15H22N2O3/c1-4-20-15(19)8-7-14(18)17(12(2)3)11-13-6-5-9-16-10-13/h5-6,9-10,12H,4,7-8,11H2,1-3H3. The number of rotatable bonds is 7. The Morgan fingerprint density at radius 3 is 2.65 bits per heavy atom. The van der Waals surface area contributed by atoms with Gasteiger partial charge in [0.15, 0.2) is 0 Å². The summed E-state index contributed by atoms with van der Waals surface area (Å²) in [7, 11) is 0. The third-order valence-corrected chi connectivity index (χ3v) is 2.87. The van der Waals surface area contributed by atoms with E-state index >= 15 is 0 Å². The molecule has 0 aliphatic heterocycles. The van der Waals surface area contributed by atoms with Crippen LogP contribution in [0.3, 0.4) is 0 Å².